The fourth-order valence-corrected chi connectivity index (χ4v) is 4.97. The summed E-state index contributed by atoms with van der Waals surface area (Å²) in [7, 11) is 1.41. The molecular formula is C18H30N2O4. The number of nitrogens with one attached hydrogen (secondary N) is 2. The van der Waals surface area contributed by atoms with Crippen LogP contribution >= 0.6 is 0 Å². The normalized spacial score (nSPS) is 29.8. The van der Waals surface area contributed by atoms with Gasteiger partial charge in [-0.3, -0.25) is 4.79 Å². The number of esters is 1. The quantitative estimate of drug-likeness (QED) is 0.552. The lowest BCUT2D eigenvalue weighted by molar-refractivity contribution is -0.140. The van der Waals surface area contributed by atoms with Gasteiger partial charge in [0.25, 0.3) is 0 Å². The molecule has 1 aliphatic heterocycles. The molecule has 0 bridgehead atoms. The van der Waals surface area contributed by atoms with Crippen molar-refractivity contribution in [3.8, 4) is 0 Å². The third-order valence-electron chi connectivity index (χ3n) is 6.14. The largest absolute Gasteiger partial charge is 0.469 e. The third kappa shape index (κ3) is 3.39. The SMILES string of the molecule is COC(=O)CCCCCNC(=O)N[C@@H]1[C@@H]2CCO[C@@H]2C12CCCC2. The van der Waals surface area contributed by atoms with Gasteiger partial charge in [0, 0.05) is 36.9 Å². The van der Waals surface area contributed by atoms with Crippen LogP contribution in [-0.2, 0) is 14.3 Å². The van der Waals surface area contributed by atoms with E-state index in [-0.39, 0.29) is 23.5 Å². The summed E-state index contributed by atoms with van der Waals surface area (Å²) in [6, 6.07) is 0.233. The molecule has 2 saturated carbocycles. The molecule has 0 unspecified atom stereocenters. The van der Waals surface area contributed by atoms with Crippen LogP contribution in [0.4, 0.5) is 4.79 Å². The van der Waals surface area contributed by atoms with E-state index in [2.05, 4.69) is 15.4 Å². The van der Waals surface area contributed by atoms with Crippen LogP contribution in [0.2, 0.25) is 0 Å². The van der Waals surface area contributed by atoms with E-state index in [1.165, 1.54) is 32.8 Å². The fraction of sp³-hybridized carbons (Fsp3) is 0.889. The zero-order chi connectivity index (χ0) is 17.0. The molecule has 0 aromatic rings. The van der Waals surface area contributed by atoms with E-state index in [9.17, 15) is 9.59 Å². The Morgan fingerprint density at radius 3 is 2.75 bits per heavy atom. The van der Waals surface area contributed by atoms with Crippen molar-refractivity contribution in [2.75, 3.05) is 20.3 Å². The van der Waals surface area contributed by atoms with Gasteiger partial charge >= 0.3 is 12.0 Å². The van der Waals surface area contributed by atoms with E-state index < -0.39 is 0 Å². The minimum atomic E-state index is -0.166. The second-order valence-corrected chi connectivity index (χ2v) is 7.45. The first kappa shape index (κ1) is 17.5. The summed E-state index contributed by atoms with van der Waals surface area (Å²) in [6.45, 7) is 1.49. The number of amides is 2. The van der Waals surface area contributed by atoms with E-state index in [0.29, 0.717) is 25.0 Å². The highest BCUT2D eigenvalue weighted by atomic mass is 16.5. The lowest BCUT2D eigenvalue weighted by Crippen LogP contribution is -2.69. The van der Waals surface area contributed by atoms with Crippen molar-refractivity contribution in [3.05, 3.63) is 0 Å². The number of ether oxygens (including phenoxy) is 2. The topological polar surface area (TPSA) is 76.7 Å². The molecule has 0 radical (unpaired) electrons. The van der Waals surface area contributed by atoms with Gasteiger partial charge in [-0.2, -0.15) is 0 Å². The van der Waals surface area contributed by atoms with Gasteiger partial charge in [0.1, 0.15) is 0 Å². The summed E-state index contributed by atoms with van der Waals surface area (Å²) in [5, 5.41) is 6.20. The van der Waals surface area contributed by atoms with Crippen molar-refractivity contribution in [2.45, 2.75) is 69.9 Å². The molecule has 1 heterocycles. The monoisotopic (exact) mass is 338 g/mol. The number of unbranched alkanes of at least 4 members (excludes halogenated alkanes) is 2. The lowest BCUT2D eigenvalue weighted by Gasteiger charge is -2.56. The Labute approximate surface area is 144 Å². The van der Waals surface area contributed by atoms with Crippen molar-refractivity contribution in [2.24, 2.45) is 11.3 Å². The zero-order valence-corrected chi connectivity index (χ0v) is 14.6. The highest BCUT2D eigenvalue weighted by molar-refractivity contribution is 5.74. The second-order valence-electron chi connectivity index (χ2n) is 7.45. The second kappa shape index (κ2) is 7.72. The Balaban J connectivity index is 1.35. The Bertz CT molecular complexity index is 462. The molecule has 3 fully saturated rings. The van der Waals surface area contributed by atoms with Crippen LogP contribution < -0.4 is 10.6 Å². The number of hydrogen-bond donors (Lipinski definition) is 2. The maximum atomic E-state index is 12.2. The zero-order valence-electron chi connectivity index (χ0n) is 14.6. The molecule has 24 heavy (non-hydrogen) atoms. The predicted octanol–water partition coefficient (Wildman–Crippen LogP) is 2.37. The van der Waals surface area contributed by atoms with Gasteiger partial charge in [-0.1, -0.05) is 19.3 Å². The van der Waals surface area contributed by atoms with Crippen LogP contribution in [0.3, 0.4) is 0 Å². The Morgan fingerprint density at radius 2 is 2.00 bits per heavy atom. The molecule has 6 heteroatoms. The highest BCUT2D eigenvalue weighted by Crippen LogP contribution is 2.60. The van der Waals surface area contributed by atoms with Crippen molar-refractivity contribution in [3.63, 3.8) is 0 Å². The number of hydrogen-bond acceptors (Lipinski definition) is 4. The molecule has 2 amide bonds. The van der Waals surface area contributed by atoms with Gasteiger partial charge in [0.2, 0.25) is 0 Å². The minimum absolute atomic E-state index is 0.0513. The Kier molecular flexibility index (Phi) is 5.64. The smallest absolute Gasteiger partial charge is 0.315 e. The molecule has 1 saturated heterocycles. The number of fused-ring (bicyclic) bond motifs is 2. The summed E-state index contributed by atoms with van der Waals surface area (Å²) < 4.78 is 10.6. The van der Waals surface area contributed by atoms with Crippen molar-refractivity contribution < 1.29 is 19.1 Å². The Morgan fingerprint density at radius 1 is 1.21 bits per heavy atom. The van der Waals surface area contributed by atoms with E-state index in [1.807, 2.05) is 0 Å². The average molecular weight is 338 g/mol. The van der Waals surface area contributed by atoms with Gasteiger partial charge in [-0.15, -0.1) is 0 Å². The third-order valence-corrected chi connectivity index (χ3v) is 6.14. The first-order valence-corrected chi connectivity index (χ1v) is 9.40. The summed E-state index contributed by atoms with van der Waals surface area (Å²) in [6.07, 6.45) is 9.41. The summed E-state index contributed by atoms with van der Waals surface area (Å²) >= 11 is 0. The number of urea groups is 1. The standard InChI is InChI=1S/C18H30N2O4/c1-23-14(21)7-3-2-6-11-19-17(22)20-15-13-8-12-24-16(13)18(15)9-4-5-10-18/h13,15-16H,2-12H2,1H3,(H2,19,20,22)/t13-,15+,16-/m0/s1. The molecule has 2 N–H and O–H groups in total. The maximum absolute atomic E-state index is 12.2. The number of carbonyl (C=O) groups is 2. The van der Waals surface area contributed by atoms with Crippen LogP contribution in [0.25, 0.3) is 0 Å². The van der Waals surface area contributed by atoms with E-state index >= 15 is 0 Å². The van der Waals surface area contributed by atoms with Crippen LogP contribution in [0, 0.1) is 11.3 Å². The van der Waals surface area contributed by atoms with E-state index in [4.69, 9.17) is 4.74 Å². The van der Waals surface area contributed by atoms with Gasteiger partial charge in [0.05, 0.1) is 13.2 Å². The van der Waals surface area contributed by atoms with Crippen molar-refractivity contribution in [1.29, 1.82) is 0 Å². The van der Waals surface area contributed by atoms with Gasteiger partial charge in [-0.25, -0.2) is 4.79 Å². The highest BCUT2D eigenvalue weighted by Gasteiger charge is 2.65. The van der Waals surface area contributed by atoms with E-state index in [0.717, 1.165) is 32.3 Å². The molecular weight excluding hydrogens is 308 g/mol. The molecule has 3 aliphatic rings. The predicted molar refractivity (Wildman–Crippen MR) is 89.6 cm³/mol. The molecule has 0 aromatic carbocycles. The first-order chi connectivity index (χ1) is 11.7. The fourth-order valence-electron chi connectivity index (χ4n) is 4.97. The van der Waals surface area contributed by atoms with Crippen LogP contribution in [0.15, 0.2) is 0 Å². The minimum Gasteiger partial charge on any atom is -0.469 e. The lowest BCUT2D eigenvalue weighted by atomic mass is 9.54. The molecule has 1 spiro atoms. The molecule has 2 aliphatic carbocycles. The van der Waals surface area contributed by atoms with Crippen molar-refractivity contribution >= 4 is 12.0 Å². The average Bonchev–Trinajstić information content (AvgIpc) is 3.23. The number of rotatable bonds is 7. The summed E-state index contributed by atoms with van der Waals surface area (Å²) in [5.74, 6) is 0.342. The maximum Gasteiger partial charge on any atom is 0.315 e. The van der Waals surface area contributed by atoms with Crippen molar-refractivity contribution in [1.82, 2.24) is 10.6 Å². The van der Waals surface area contributed by atoms with Crippen LogP contribution in [0.1, 0.15) is 57.8 Å². The molecule has 3 atom stereocenters. The summed E-state index contributed by atoms with van der Waals surface area (Å²) in [5.41, 5.74) is 0.207. The van der Waals surface area contributed by atoms with Gasteiger partial charge in [-0.05, 0) is 32.1 Å². The molecule has 3 rings (SSSR count). The van der Waals surface area contributed by atoms with Gasteiger partial charge < -0.3 is 20.1 Å². The molecule has 6 nitrogen and oxygen atoms in total. The van der Waals surface area contributed by atoms with Gasteiger partial charge in [0.15, 0.2) is 0 Å². The first-order valence-electron chi connectivity index (χ1n) is 9.40. The summed E-state index contributed by atoms with van der Waals surface area (Å²) in [4.78, 5) is 23.2. The van der Waals surface area contributed by atoms with Crippen LogP contribution in [0.5, 0.6) is 0 Å². The van der Waals surface area contributed by atoms with Crippen LogP contribution in [-0.4, -0.2) is 44.4 Å². The van der Waals surface area contributed by atoms with E-state index in [1.54, 1.807) is 0 Å². The Hall–Kier alpha value is -1.30. The number of methoxy groups -OCH3 is 1. The molecule has 136 valence electrons. The molecule has 0 aromatic heterocycles. The number of carbonyl (C=O) groups excluding carboxylic acids is 2.